The quantitative estimate of drug-likeness (QED) is 0.888. The fourth-order valence-electron chi connectivity index (χ4n) is 4.38. The van der Waals surface area contributed by atoms with Crippen molar-refractivity contribution in [2.45, 2.75) is 63.8 Å². The molecule has 0 bridgehead atoms. The SMILES string of the molecule is CC1(C)CCC(C)(C)c2cc(-c3ccnc(N4CC[C@@H](N)C4)n3)ccc21. The minimum absolute atomic E-state index is 0.207. The van der Waals surface area contributed by atoms with Crippen LogP contribution in [0.4, 0.5) is 5.95 Å². The fraction of sp³-hybridized carbons (Fsp3) is 0.545. The van der Waals surface area contributed by atoms with Crippen LogP contribution >= 0.6 is 0 Å². The molecule has 1 aliphatic heterocycles. The van der Waals surface area contributed by atoms with Crippen molar-refractivity contribution in [1.82, 2.24) is 9.97 Å². The van der Waals surface area contributed by atoms with E-state index in [4.69, 9.17) is 10.7 Å². The Hall–Kier alpha value is -1.94. The molecule has 0 spiro atoms. The molecule has 2 N–H and O–H groups in total. The van der Waals surface area contributed by atoms with E-state index in [2.05, 4.69) is 55.8 Å². The van der Waals surface area contributed by atoms with Crippen LogP contribution in [0.25, 0.3) is 11.3 Å². The van der Waals surface area contributed by atoms with Gasteiger partial charge in [-0.2, -0.15) is 0 Å². The van der Waals surface area contributed by atoms with Crippen LogP contribution in [0, 0.1) is 0 Å². The summed E-state index contributed by atoms with van der Waals surface area (Å²) < 4.78 is 0. The van der Waals surface area contributed by atoms with Crippen LogP contribution in [0.2, 0.25) is 0 Å². The standard InChI is InChI=1S/C22H30N4/c1-21(2)9-10-22(3,4)18-13-15(5-6-17(18)21)19-7-11-24-20(25-19)26-12-8-16(23)14-26/h5-7,11,13,16H,8-10,12,14,23H2,1-4H3/t16-/m1/s1. The van der Waals surface area contributed by atoms with E-state index in [-0.39, 0.29) is 16.9 Å². The van der Waals surface area contributed by atoms with Crippen molar-refractivity contribution in [1.29, 1.82) is 0 Å². The average Bonchev–Trinajstić information content (AvgIpc) is 3.05. The first-order valence-electron chi connectivity index (χ1n) is 9.75. The molecule has 2 aromatic rings. The van der Waals surface area contributed by atoms with Crippen molar-refractivity contribution in [2.75, 3.05) is 18.0 Å². The molecule has 0 unspecified atom stereocenters. The third kappa shape index (κ3) is 3.01. The van der Waals surface area contributed by atoms with Gasteiger partial charge in [-0.05, 0) is 53.4 Å². The van der Waals surface area contributed by atoms with E-state index in [1.165, 1.54) is 29.5 Å². The summed E-state index contributed by atoms with van der Waals surface area (Å²) in [5.41, 5.74) is 11.6. The van der Waals surface area contributed by atoms with Crippen LogP contribution in [-0.2, 0) is 10.8 Å². The van der Waals surface area contributed by atoms with Gasteiger partial charge in [0.25, 0.3) is 0 Å². The molecule has 2 heterocycles. The Morgan fingerprint density at radius 1 is 1.04 bits per heavy atom. The van der Waals surface area contributed by atoms with Crippen LogP contribution in [-0.4, -0.2) is 29.1 Å². The second-order valence-electron chi connectivity index (χ2n) is 9.26. The van der Waals surface area contributed by atoms with Gasteiger partial charge in [-0.3, -0.25) is 0 Å². The average molecular weight is 351 g/mol. The highest BCUT2D eigenvalue weighted by Crippen LogP contribution is 2.46. The number of nitrogens with two attached hydrogens (primary N) is 1. The predicted molar refractivity (Wildman–Crippen MR) is 108 cm³/mol. The number of nitrogens with zero attached hydrogens (tertiary/aromatic N) is 3. The molecule has 1 aliphatic carbocycles. The van der Waals surface area contributed by atoms with Crippen molar-refractivity contribution >= 4 is 5.95 Å². The van der Waals surface area contributed by atoms with Gasteiger partial charge < -0.3 is 10.6 Å². The molecule has 26 heavy (non-hydrogen) atoms. The molecule has 1 fully saturated rings. The Bertz CT molecular complexity index is 825. The molecule has 0 amide bonds. The Morgan fingerprint density at radius 2 is 1.77 bits per heavy atom. The minimum Gasteiger partial charge on any atom is -0.339 e. The number of rotatable bonds is 2. The number of hydrogen-bond acceptors (Lipinski definition) is 4. The maximum atomic E-state index is 6.05. The van der Waals surface area contributed by atoms with Gasteiger partial charge in [0, 0.05) is 30.9 Å². The summed E-state index contributed by atoms with van der Waals surface area (Å²) in [5, 5.41) is 0. The summed E-state index contributed by atoms with van der Waals surface area (Å²) in [7, 11) is 0. The zero-order valence-corrected chi connectivity index (χ0v) is 16.4. The first-order valence-corrected chi connectivity index (χ1v) is 9.75. The smallest absolute Gasteiger partial charge is 0.225 e. The van der Waals surface area contributed by atoms with E-state index in [0.29, 0.717) is 0 Å². The lowest BCUT2D eigenvalue weighted by Crippen LogP contribution is -2.33. The van der Waals surface area contributed by atoms with Gasteiger partial charge in [0.1, 0.15) is 0 Å². The zero-order valence-electron chi connectivity index (χ0n) is 16.4. The molecule has 0 saturated carbocycles. The van der Waals surface area contributed by atoms with E-state index in [1.807, 2.05) is 12.3 Å². The molecule has 2 aliphatic rings. The van der Waals surface area contributed by atoms with E-state index in [0.717, 1.165) is 31.2 Å². The fourth-order valence-corrected chi connectivity index (χ4v) is 4.38. The molecule has 1 saturated heterocycles. The van der Waals surface area contributed by atoms with Gasteiger partial charge in [0.05, 0.1) is 5.69 Å². The molecule has 138 valence electrons. The number of benzene rings is 1. The lowest BCUT2D eigenvalue weighted by atomic mass is 9.63. The molecular weight excluding hydrogens is 320 g/mol. The summed E-state index contributed by atoms with van der Waals surface area (Å²) in [5.74, 6) is 0.799. The lowest BCUT2D eigenvalue weighted by Gasteiger charge is -2.42. The first-order chi connectivity index (χ1) is 12.3. The Balaban J connectivity index is 1.73. The van der Waals surface area contributed by atoms with Gasteiger partial charge in [-0.15, -0.1) is 0 Å². The van der Waals surface area contributed by atoms with Crippen molar-refractivity contribution < 1.29 is 0 Å². The zero-order chi connectivity index (χ0) is 18.5. The topological polar surface area (TPSA) is 55.0 Å². The van der Waals surface area contributed by atoms with Crippen molar-refractivity contribution in [3.8, 4) is 11.3 Å². The first kappa shape index (κ1) is 17.5. The largest absolute Gasteiger partial charge is 0.339 e. The van der Waals surface area contributed by atoms with Gasteiger partial charge in [-0.25, -0.2) is 9.97 Å². The Morgan fingerprint density at radius 3 is 2.46 bits per heavy atom. The van der Waals surface area contributed by atoms with Gasteiger partial charge >= 0.3 is 0 Å². The molecule has 4 rings (SSSR count). The van der Waals surface area contributed by atoms with Crippen molar-refractivity contribution in [2.24, 2.45) is 5.73 Å². The summed E-state index contributed by atoms with van der Waals surface area (Å²) in [6.07, 6.45) is 5.34. The van der Waals surface area contributed by atoms with E-state index in [1.54, 1.807) is 0 Å². The summed E-state index contributed by atoms with van der Waals surface area (Å²) >= 11 is 0. The van der Waals surface area contributed by atoms with Crippen LogP contribution < -0.4 is 10.6 Å². The maximum Gasteiger partial charge on any atom is 0.225 e. The number of fused-ring (bicyclic) bond motifs is 1. The molecule has 1 atom stereocenters. The third-order valence-electron chi connectivity index (χ3n) is 6.30. The highest BCUT2D eigenvalue weighted by Gasteiger charge is 2.37. The summed E-state index contributed by atoms with van der Waals surface area (Å²) in [6.45, 7) is 11.2. The van der Waals surface area contributed by atoms with Gasteiger partial charge in [0.2, 0.25) is 5.95 Å². The van der Waals surface area contributed by atoms with Crippen LogP contribution in [0.5, 0.6) is 0 Å². The van der Waals surface area contributed by atoms with Crippen LogP contribution in [0.1, 0.15) is 58.1 Å². The van der Waals surface area contributed by atoms with Gasteiger partial charge in [0.15, 0.2) is 0 Å². The second-order valence-corrected chi connectivity index (χ2v) is 9.26. The highest BCUT2D eigenvalue weighted by atomic mass is 15.3. The molecule has 0 radical (unpaired) electrons. The molecular formula is C22H30N4. The molecule has 1 aromatic heterocycles. The maximum absolute atomic E-state index is 6.05. The van der Waals surface area contributed by atoms with E-state index < -0.39 is 0 Å². The van der Waals surface area contributed by atoms with Crippen molar-refractivity contribution in [3.63, 3.8) is 0 Å². The Kier molecular flexibility index (Phi) is 4.07. The van der Waals surface area contributed by atoms with Crippen LogP contribution in [0.3, 0.4) is 0 Å². The van der Waals surface area contributed by atoms with Gasteiger partial charge in [-0.1, -0.05) is 39.8 Å². The summed E-state index contributed by atoms with van der Waals surface area (Å²) in [4.78, 5) is 11.5. The molecule has 1 aromatic carbocycles. The molecule has 4 nitrogen and oxygen atoms in total. The molecule has 4 heteroatoms. The number of hydrogen-bond donors (Lipinski definition) is 1. The van der Waals surface area contributed by atoms with E-state index >= 15 is 0 Å². The lowest BCUT2D eigenvalue weighted by molar-refractivity contribution is 0.332. The van der Waals surface area contributed by atoms with Crippen LogP contribution in [0.15, 0.2) is 30.5 Å². The number of aromatic nitrogens is 2. The monoisotopic (exact) mass is 350 g/mol. The van der Waals surface area contributed by atoms with E-state index in [9.17, 15) is 0 Å². The normalized spacial score (nSPS) is 23.7. The Labute approximate surface area is 156 Å². The van der Waals surface area contributed by atoms with Crippen molar-refractivity contribution in [3.05, 3.63) is 41.6 Å². The predicted octanol–water partition coefficient (Wildman–Crippen LogP) is 4.03. The summed E-state index contributed by atoms with van der Waals surface area (Å²) in [6, 6.07) is 9.15. The third-order valence-corrected chi connectivity index (χ3v) is 6.30. The highest BCUT2D eigenvalue weighted by molar-refractivity contribution is 5.64. The minimum atomic E-state index is 0.207. The number of anilines is 1. The second kappa shape index (κ2) is 6.05.